The number of hydrogen-bond acceptors (Lipinski definition) is 2. The highest BCUT2D eigenvalue weighted by atomic mass is 15.3. The van der Waals surface area contributed by atoms with Crippen LogP contribution in [0, 0.1) is 6.92 Å². The molecule has 0 aromatic heterocycles. The molecule has 2 nitrogen and oxygen atoms in total. The molecule has 0 aliphatic carbocycles. The van der Waals surface area contributed by atoms with Crippen LogP contribution in [-0.4, -0.2) is 6.54 Å². The van der Waals surface area contributed by atoms with Crippen LogP contribution in [0.25, 0.3) is 0 Å². The van der Waals surface area contributed by atoms with Crippen molar-refractivity contribution in [3.63, 3.8) is 0 Å². The Morgan fingerprint density at radius 1 is 0.778 bits per heavy atom. The molecule has 2 rings (SSSR count). The van der Waals surface area contributed by atoms with Crippen LogP contribution in [0.15, 0.2) is 54.6 Å². The van der Waals surface area contributed by atoms with Gasteiger partial charge >= 0.3 is 0 Å². The first-order valence-electron chi connectivity index (χ1n) is 6.40. The molecular weight excluding hydrogens is 220 g/mol. The van der Waals surface area contributed by atoms with Gasteiger partial charge in [-0.3, -0.25) is 10.9 Å². The Morgan fingerprint density at radius 3 is 2.22 bits per heavy atom. The van der Waals surface area contributed by atoms with E-state index < -0.39 is 0 Å². The molecule has 0 atom stereocenters. The smallest absolute Gasteiger partial charge is 0.0351 e. The van der Waals surface area contributed by atoms with E-state index in [4.69, 9.17) is 0 Å². The lowest BCUT2D eigenvalue weighted by atomic mass is 10.1. The van der Waals surface area contributed by atoms with E-state index in [-0.39, 0.29) is 0 Å². The summed E-state index contributed by atoms with van der Waals surface area (Å²) in [6.07, 6.45) is 1.04. The predicted molar refractivity (Wildman–Crippen MR) is 76.2 cm³/mol. The maximum atomic E-state index is 3.25. The molecule has 2 heteroatoms. The van der Waals surface area contributed by atoms with Crippen molar-refractivity contribution in [2.75, 3.05) is 6.54 Å². The summed E-state index contributed by atoms with van der Waals surface area (Å²) in [5.41, 5.74) is 10.5. The van der Waals surface area contributed by atoms with Gasteiger partial charge in [-0.15, -0.1) is 0 Å². The van der Waals surface area contributed by atoms with Gasteiger partial charge in [0.1, 0.15) is 0 Å². The van der Waals surface area contributed by atoms with Crippen LogP contribution in [0.5, 0.6) is 0 Å². The van der Waals surface area contributed by atoms with Crippen molar-refractivity contribution < 1.29 is 0 Å². The molecule has 0 unspecified atom stereocenters. The molecule has 0 radical (unpaired) electrons. The standard InChI is InChI=1S/C16H20N2/c1-14-7-9-15(10-8-14)11-12-17-18-13-16-5-3-2-4-6-16/h2-10,17-18H,11-13H2,1H3. The van der Waals surface area contributed by atoms with Gasteiger partial charge < -0.3 is 0 Å². The van der Waals surface area contributed by atoms with Crippen molar-refractivity contribution in [1.29, 1.82) is 0 Å². The van der Waals surface area contributed by atoms with Crippen molar-refractivity contribution in [3.8, 4) is 0 Å². The Kier molecular flexibility index (Phi) is 4.94. The molecule has 2 aromatic rings. The van der Waals surface area contributed by atoms with Gasteiger partial charge in [0, 0.05) is 13.1 Å². The van der Waals surface area contributed by atoms with Crippen molar-refractivity contribution >= 4 is 0 Å². The average molecular weight is 240 g/mol. The zero-order chi connectivity index (χ0) is 12.6. The molecule has 0 saturated carbocycles. The number of hydrazine groups is 1. The van der Waals surface area contributed by atoms with E-state index in [2.05, 4.69) is 66.3 Å². The van der Waals surface area contributed by atoms with E-state index in [1.54, 1.807) is 0 Å². The maximum absolute atomic E-state index is 3.25. The zero-order valence-corrected chi connectivity index (χ0v) is 10.8. The zero-order valence-electron chi connectivity index (χ0n) is 10.8. The minimum Gasteiger partial charge on any atom is -0.257 e. The molecule has 0 saturated heterocycles. The number of benzene rings is 2. The van der Waals surface area contributed by atoms with Crippen molar-refractivity contribution in [3.05, 3.63) is 71.3 Å². The largest absolute Gasteiger partial charge is 0.257 e. The summed E-state index contributed by atoms with van der Waals surface area (Å²) < 4.78 is 0. The van der Waals surface area contributed by atoms with Crippen LogP contribution in [-0.2, 0) is 13.0 Å². The van der Waals surface area contributed by atoms with Gasteiger partial charge in [0.05, 0.1) is 0 Å². The minimum atomic E-state index is 0.856. The Labute approximate surface area is 109 Å². The molecular formula is C16H20N2. The second-order valence-electron chi connectivity index (χ2n) is 4.50. The molecule has 0 heterocycles. The summed E-state index contributed by atoms with van der Waals surface area (Å²) in [4.78, 5) is 0. The van der Waals surface area contributed by atoms with Gasteiger partial charge in [-0.25, -0.2) is 0 Å². The van der Waals surface area contributed by atoms with E-state index in [0.29, 0.717) is 0 Å². The highest BCUT2D eigenvalue weighted by Crippen LogP contribution is 2.03. The number of aryl methyl sites for hydroxylation is 1. The topological polar surface area (TPSA) is 24.1 Å². The Hall–Kier alpha value is -1.64. The van der Waals surface area contributed by atoms with Crippen LogP contribution in [0.3, 0.4) is 0 Å². The molecule has 0 aliphatic heterocycles. The number of rotatable bonds is 6. The summed E-state index contributed by atoms with van der Waals surface area (Å²) in [6, 6.07) is 19.1. The fraction of sp³-hybridized carbons (Fsp3) is 0.250. The quantitative estimate of drug-likeness (QED) is 0.599. The van der Waals surface area contributed by atoms with Gasteiger partial charge in [0.15, 0.2) is 0 Å². The van der Waals surface area contributed by atoms with Crippen LogP contribution >= 0.6 is 0 Å². The molecule has 94 valence electrons. The van der Waals surface area contributed by atoms with Gasteiger partial charge in [0.25, 0.3) is 0 Å². The van der Waals surface area contributed by atoms with Crippen LogP contribution in [0.4, 0.5) is 0 Å². The normalized spacial score (nSPS) is 10.5. The summed E-state index contributed by atoms with van der Waals surface area (Å²) >= 11 is 0. The number of nitrogens with one attached hydrogen (secondary N) is 2. The number of hydrogen-bond donors (Lipinski definition) is 2. The van der Waals surface area contributed by atoms with Crippen LogP contribution < -0.4 is 10.9 Å². The Bertz CT molecular complexity index is 448. The van der Waals surface area contributed by atoms with E-state index in [9.17, 15) is 0 Å². The lowest BCUT2D eigenvalue weighted by Crippen LogP contribution is -2.32. The fourth-order valence-corrected chi connectivity index (χ4v) is 1.81. The first-order valence-corrected chi connectivity index (χ1v) is 6.40. The van der Waals surface area contributed by atoms with E-state index in [1.807, 2.05) is 6.07 Å². The third-order valence-corrected chi connectivity index (χ3v) is 2.92. The highest BCUT2D eigenvalue weighted by Gasteiger charge is 1.93. The maximum Gasteiger partial charge on any atom is 0.0351 e. The predicted octanol–water partition coefficient (Wildman–Crippen LogP) is 2.83. The first kappa shape index (κ1) is 12.8. The summed E-state index contributed by atoms with van der Waals surface area (Å²) in [7, 11) is 0. The monoisotopic (exact) mass is 240 g/mol. The highest BCUT2D eigenvalue weighted by molar-refractivity contribution is 5.21. The second-order valence-corrected chi connectivity index (χ2v) is 4.50. The third kappa shape index (κ3) is 4.32. The van der Waals surface area contributed by atoms with Gasteiger partial charge in [-0.1, -0.05) is 60.2 Å². The summed E-state index contributed by atoms with van der Waals surface area (Å²) in [5.74, 6) is 0. The van der Waals surface area contributed by atoms with Crippen molar-refractivity contribution in [2.24, 2.45) is 0 Å². The van der Waals surface area contributed by atoms with Crippen molar-refractivity contribution in [2.45, 2.75) is 19.9 Å². The first-order chi connectivity index (χ1) is 8.84. The third-order valence-electron chi connectivity index (χ3n) is 2.92. The molecule has 2 N–H and O–H groups in total. The Balaban J connectivity index is 1.63. The lowest BCUT2D eigenvalue weighted by molar-refractivity contribution is 0.533. The van der Waals surface area contributed by atoms with Gasteiger partial charge in [0.2, 0.25) is 0 Å². The summed E-state index contributed by atoms with van der Waals surface area (Å²) in [6.45, 7) is 3.91. The second kappa shape index (κ2) is 6.94. The minimum absolute atomic E-state index is 0.856. The fourth-order valence-electron chi connectivity index (χ4n) is 1.81. The average Bonchev–Trinajstić information content (AvgIpc) is 2.42. The SMILES string of the molecule is Cc1ccc(CCNNCc2ccccc2)cc1. The molecule has 0 spiro atoms. The Morgan fingerprint density at radius 2 is 1.50 bits per heavy atom. The lowest BCUT2D eigenvalue weighted by Gasteiger charge is -2.07. The van der Waals surface area contributed by atoms with Gasteiger partial charge in [-0.2, -0.15) is 0 Å². The van der Waals surface area contributed by atoms with Gasteiger partial charge in [-0.05, 0) is 24.5 Å². The summed E-state index contributed by atoms with van der Waals surface area (Å²) in [5, 5.41) is 0. The van der Waals surface area contributed by atoms with E-state index in [1.165, 1.54) is 16.7 Å². The molecule has 0 fully saturated rings. The van der Waals surface area contributed by atoms with Crippen LogP contribution in [0.1, 0.15) is 16.7 Å². The molecule has 0 amide bonds. The molecule has 18 heavy (non-hydrogen) atoms. The molecule has 2 aromatic carbocycles. The van der Waals surface area contributed by atoms with E-state index >= 15 is 0 Å². The van der Waals surface area contributed by atoms with Crippen LogP contribution in [0.2, 0.25) is 0 Å². The molecule has 0 bridgehead atoms. The molecule has 0 aliphatic rings. The van der Waals surface area contributed by atoms with Crippen molar-refractivity contribution in [1.82, 2.24) is 10.9 Å². The van der Waals surface area contributed by atoms with E-state index in [0.717, 1.165) is 19.5 Å².